The first-order valence-corrected chi connectivity index (χ1v) is 11.4. The van der Waals surface area contributed by atoms with Crippen molar-refractivity contribution >= 4 is 47.2 Å². The minimum atomic E-state index is -0.917. The second kappa shape index (κ2) is 11.2. The van der Waals surface area contributed by atoms with Gasteiger partial charge in [-0.25, -0.2) is 14.5 Å². The first kappa shape index (κ1) is 25.8. The van der Waals surface area contributed by atoms with E-state index in [1.54, 1.807) is 30.3 Å². The fourth-order valence-electron chi connectivity index (χ4n) is 3.67. The number of aryl methyl sites for hydroxylation is 1. The van der Waals surface area contributed by atoms with Gasteiger partial charge in [0.2, 0.25) is 0 Å². The van der Waals surface area contributed by atoms with Crippen molar-refractivity contribution in [3.05, 3.63) is 95.1 Å². The summed E-state index contributed by atoms with van der Waals surface area (Å²) in [6, 6.07) is 18.5. The highest BCUT2D eigenvalue weighted by molar-refractivity contribution is 6.39. The number of ether oxygens (including phenoxy) is 2. The monoisotopic (exact) mass is 513 g/mol. The molecule has 2 N–H and O–H groups in total. The SMILES string of the molecule is COC(=O)c1ccc(N2C(=O)NC(=O)/C(=C/c3cccc(OCC(=O)Nc4ccccc4C)c3)C2=O)cc1. The molecule has 38 heavy (non-hydrogen) atoms. The maximum atomic E-state index is 13.1. The summed E-state index contributed by atoms with van der Waals surface area (Å²) < 4.78 is 10.2. The third-order valence-corrected chi connectivity index (χ3v) is 5.61. The molecule has 1 saturated heterocycles. The summed E-state index contributed by atoms with van der Waals surface area (Å²) in [4.78, 5) is 62.8. The van der Waals surface area contributed by atoms with Crippen LogP contribution in [0, 0.1) is 6.92 Å². The van der Waals surface area contributed by atoms with Gasteiger partial charge >= 0.3 is 12.0 Å². The number of barbiturate groups is 1. The quantitative estimate of drug-likeness (QED) is 0.281. The Kier molecular flexibility index (Phi) is 7.62. The van der Waals surface area contributed by atoms with Crippen molar-refractivity contribution < 1.29 is 33.4 Å². The predicted molar refractivity (Wildman–Crippen MR) is 139 cm³/mol. The highest BCUT2D eigenvalue weighted by Gasteiger charge is 2.36. The van der Waals surface area contributed by atoms with Crippen LogP contribution in [0.15, 0.2) is 78.4 Å². The zero-order valence-electron chi connectivity index (χ0n) is 20.5. The van der Waals surface area contributed by atoms with E-state index in [4.69, 9.17) is 4.74 Å². The summed E-state index contributed by atoms with van der Waals surface area (Å²) in [6.07, 6.45) is 1.32. The standard InChI is InChI=1S/C28H23N3O7/c1-17-6-3-4-9-23(17)29-24(32)16-38-21-8-5-7-18(14-21)15-22-25(33)30-28(36)31(26(22)34)20-12-10-19(11-13-20)27(35)37-2/h3-15H,16H2,1-2H3,(H,29,32)(H,30,33,36)/b22-15-. The highest BCUT2D eigenvalue weighted by Crippen LogP contribution is 2.24. The number of urea groups is 1. The topological polar surface area (TPSA) is 131 Å². The number of hydrogen-bond donors (Lipinski definition) is 2. The molecule has 0 unspecified atom stereocenters. The van der Waals surface area contributed by atoms with Crippen LogP contribution < -0.4 is 20.3 Å². The predicted octanol–water partition coefficient (Wildman–Crippen LogP) is 3.47. The normalized spacial score (nSPS) is 14.2. The van der Waals surface area contributed by atoms with E-state index in [9.17, 15) is 24.0 Å². The van der Waals surface area contributed by atoms with Crippen LogP contribution in [0.2, 0.25) is 0 Å². The molecular formula is C28H23N3O7. The molecule has 3 aromatic carbocycles. The van der Waals surface area contributed by atoms with Crippen molar-refractivity contribution in [3.8, 4) is 5.75 Å². The summed E-state index contributed by atoms with van der Waals surface area (Å²) >= 11 is 0. The van der Waals surface area contributed by atoms with Crippen molar-refractivity contribution in [2.24, 2.45) is 0 Å². The van der Waals surface area contributed by atoms with Gasteiger partial charge in [0.15, 0.2) is 6.61 Å². The van der Waals surface area contributed by atoms with Crippen LogP contribution >= 0.6 is 0 Å². The van der Waals surface area contributed by atoms with Gasteiger partial charge in [-0.15, -0.1) is 0 Å². The lowest BCUT2D eigenvalue weighted by Crippen LogP contribution is -2.54. The zero-order chi connectivity index (χ0) is 27.2. The van der Waals surface area contributed by atoms with E-state index in [0.717, 1.165) is 10.5 Å². The maximum Gasteiger partial charge on any atom is 0.337 e. The minimum absolute atomic E-state index is 0.162. The summed E-state index contributed by atoms with van der Waals surface area (Å²) in [5.41, 5.74) is 2.15. The number of carbonyl (C=O) groups excluding carboxylic acids is 5. The number of carbonyl (C=O) groups is 5. The lowest BCUT2D eigenvalue weighted by atomic mass is 10.1. The van der Waals surface area contributed by atoms with Gasteiger partial charge in [0.1, 0.15) is 11.3 Å². The first-order valence-electron chi connectivity index (χ1n) is 11.4. The molecule has 1 fully saturated rings. The van der Waals surface area contributed by atoms with Gasteiger partial charge in [-0.2, -0.15) is 0 Å². The van der Waals surface area contributed by atoms with Crippen molar-refractivity contribution in [2.45, 2.75) is 6.92 Å². The van der Waals surface area contributed by atoms with Gasteiger partial charge < -0.3 is 14.8 Å². The number of anilines is 2. The Bertz CT molecular complexity index is 1460. The second-order valence-electron chi connectivity index (χ2n) is 8.22. The van der Waals surface area contributed by atoms with Gasteiger partial charge in [0.05, 0.1) is 18.4 Å². The van der Waals surface area contributed by atoms with Crippen molar-refractivity contribution in [2.75, 3.05) is 23.9 Å². The van der Waals surface area contributed by atoms with Crippen molar-refractivity contribution in [3.63, 3.8) is 0 Å². The molecule has 4 rings (SSSR count). The molecule has 1 aliphatic rings. The maximum absolute atomic E-state index is 13.1. The molecule has 0 radical (unpaired) electrons. The van der Waals surface area contributed by atoms with Gasteiger partial charge in [-0.05, 0) is 66.6 Å². The van der Waals surface area contributed by atoms with Crippen molar-refractivity contribution in [1.82, 2.24) is 5.32 Å². The molecule has 0 aliphatic carbocycles. The van der Waals surface area contributed by atoms with E-state index in [-0.39, 0.29) is 29.3 Å². The van der Waals surface area contributed by atoms with Crippen LogP contribution in [-0.4, -0.2) is 43.4 Å². The molecule has 5 amide bonds. The Hall–Kier alpha value is -5.25. The zero-order valence-corrected chi connectivity index (χ0v) is 20.5. The number of benzene rings is 3. The Labute approximate surface area is 217 Å². The Morgan fingerprint density at radius 3 is 2.42 bits per heavy atom. The van der Waals surface area contributed by atoms with E-state index >= 15 is 0 Å². The smallest absolute Gasteiger partial charge is 0.337 e. The Balaban J connectivity index is 1.49. The van der Waals surface area contributed by atoms with Crippen LogP contribution in [0.1, 0.15) is 21.5 Å². The average molecular weight is 514 g/mol. The largest absolute Gasteiger partial charge is 0.484 e. The first-order chi connectivity index (χ1) is 18.3. The van der Waals surface area contributed by atoms with Gasteiger partial charge in [0, 0.05) is 5.69 Å². The van der Waals surface area contributed by atoms with Crippen LogP contribution in [0.5, 0.6) is 5.75 Å². The summed E-state index contributed by atoms with van der Waals surface area (Å²) in [5, 5.41) is 4.92. The van der Waals surface area contributed by atoms with Crippen LogP contribution in [-0.2, 0) is 19.1 Å². The summed E-state index contributed by atoms with van der Waals surface area (Å²) in [6.45, 7) is 1.62. The molecule has 10 nitrogen and oxygen atoms in total. The number of para-hydroxylation sites is 1. The third-order valence-electron chi connectivity index (χ3n) is 5.61. The molecule has 1 aliphatic heterocycles. The molecule has 0 aromatic heterocycles. The van der Waals surface area contributed by atoms with E-state index < -0.39 is 23.8 Å². The van der Waals surface area contributed by atoms with Crippen LogP contribution in [0.25, 0.3) is 6.08 Å². The number of imide groups is 2. The van der Waals surface area contributed by atoms with Gasteiger partial charge in [-0.1, -0.05) is 30.3 Å². The van der Waals surface area contributed by atoms with E-state index in [0.29, 0.717) is 17.0 Å². The highest BCUT2D eigenvalue weighted by atomic mass is 16.5. The summed E-state index contributed by atoms with van der Waals surface area (Å²) in [7, 11) is 1.24. The second-order valence-corrected chi connectivity index (χ2v) is 8.22. The fraction of sp³-hybridized carbons (Fsp3) is 0.107. The molecule has 192 valence electrons. The molecule has 1 heterocycles. The Morgan fingerprint density at radius 2 is 1.71 bits per heavy atom. The molecule has 3 aromatic rings. The number of hydrogen-bond acceptors (Lipinski definition) is 7. The number of rotatable bonds is 7. The number of nitrogens with one attached hydrogen (secondary N) is 2. The molecule has 10 heteroatoms. The van der Waals surface area contributed by atoms with Gasteiger partial charge in [-0.3, -0.25) is 19.7 Å². The third kappa shape index (κ3) is 5.76. The number of esters is 1. The minimum Gasteiger partial charge on any atom is -0.484 e. The number of methoxy groups -OCH3 is 1. The number of amides is 5. The van der Waals surface area contributed by atoms with Crippen molar-refractivity contribution in [1.29, 1.82) is 0 Å². The number of nitrogens with zero attached hydrogens (tertiary/aromatic N) is 1. The molecular weight excluding hydrogens is 490 g/mol. The van der Waals surface area contributed by atoms with Crippen LogP contribution in [0.3, 0.4) is 0 Å². The lowest BCUT2D eigenvalue weighted by molar-refractivity contribution is -0.122. The van der Waals surface area contributed by atoms with Crippen LogP contribution in [0.4, 0.5) is 16.2 Å². The fourth-order valence-corrected chi connectivity index (χ4v) is 3.67. The molecule has 0 atom stereocenters. The van der Waals surface area contributed by atoms with Gasteiger partial charge in [0.25, 0.3) is 17.7 Å². The summed E-state index contributed by atoms with van der Waals surface area (Å²) in [5.74, 6) is -2.28. The average Bonchev–Trinajstić information content (AvgIpc) is 2.91. The molecule has 0 saturated carbocycles. The Morgan fingerprint density at radius 1 is 0.974 bits per heavy atom. The molecule has 0 spiro atoms. The van der Waals surface area contributed by atoms with E-state index in [1.165, 1.54) is 37.5 Å². The lowest BCUT2D eigenvalue weighted by Gasteiger charge is -2.26. The van der Waals surface area contributed by atoms with E-state index in [1.807, 2.05) is 25.1 Å². The van der Waals surface area contributed by atoms with E-state index in [2.05, 4.69) is 15.4 Å². The molecule has 0 bridgehead atoms.